The highest BCUT2D eigenvalue weighted by Crippen LogP contribution is 2.19. The number of rotatable bonds is 4. The molecule has 1 aromatic rings. The van der Waals surface area contributed by atoms with Gasteiger partial charge in [0.05, 0.1) is 0 Å². The van der Waals surface area contributed by atoms with E-state index in [4.69, 9.17) is 4.74 Å². The summed E-state index contributed by atoms with van der Waals surface area (Å²) in [6, 6.07) is 7.59. The molecule has 90 valence electrons. The molecule has 1 aromatic carbocycles. The molecule has 0 N–H and O–H groups in total. The summed E-state index contributed by atoms with van der Waals surface area (Å²) in [4.78, 5) is 13.7. The van der Waals surface area contributed by atoms with Crippen LogP contribution in [0.2, 0.25) is 0 Å². The number of amides is 1. The lowest BCUT2D eigenvalue weighted by atomic mass is 10.2. The lowest BCUT2D eigenvalue weighted by molar-refractivity contribution is -0.132. The minimum absolute atomic E-state index is 0.0707. The summed E-state index contributed by atoms with van der Waals surface area (Å²) in [5, 5.41) is 0. The van der Waals surface area contributed by atoms with Crippen LogP contribution in [0.25, 0.3) is 6.08 Å². The van der Waals surface area contributed by atoms with E-state index in [-0.39, 0.29) is 12.5 Å². The maximum absolute atomic E-state index is 11.8. The Bertz CT molecular complexity index is 408. The Hall–Kier alpha value is -1.77. The second kappa shape index (κ2) is 5.53. The first-order valence-electron chi connectivity index (χ1n) is 5.93. The van der Waals surface area contributed by atoms with Gasteiger partial charge in [0.25, 0.3) is 5.91 Å². The van der Waals surface area contributed by atoms with Crippen LogP contribution in [0.3, 0.4) is 0 Å². The monoisotopic (exact) mass is 231 g/mol. The van der Waals surface area contributed by atoms with Crippen molar-refractivity contribution < 1.29 is 9.53 Å². The van der Waals surface area contributed by atoms with Crippen molar-refractivity contribution in [3.8, 4) is 5.75 Å². The van der Waals surface area contributed by atoms with Gasteiger partial charge >= 0.3 is 0 Å². The fourth-order valence-electron chi connectivity index (χ4n) is 1.98. The summed E-state index contributed by atoms with van der Waals surface area (Å²) in [5.41, 5.74) is 0.918. The molecule has 0 aromatic heterocycles. The molecule has 3 heteroatoms. The highest BCUT2D eigenvalue weighted by Gasteiger charge is 2.18. The number of nitrogens with zero attached hydrogens (tertiary/aromatic N) is 1. The van der Waals surface area contributed by atoms with Crippen molar-refractivity contribution >= 4 is 12.0 Å². The third kappa shape index (κ3) is 2.87. The molecule has 2 rings (SSSR count). The predicted molar refractivity (Wildman–Crippen MR) is 67.8 cm³/mol. The topological polar surface area (TPSA) is 29.5 Å². The fraction of sp³-hybridized carbons (Fsp3) is 0.357. The molecule has 1 aliphatic rings. The molecule has 1 heterocycles. The molecule has 0 spiro atoms. The fourth-order valence-corrected chi connectivity index (χ4v) is 1.98. The molecule has 1 saturated heterocycles. The van der Waals surface area contributed by atoms with Crippen LogP contribution in [0.4, 0.5) is 0 Å². The highest BCUT2D eigenvalue weighted by atomic mass is 16.5. The van der Waals surface area contributed by atoms with Crippen LogP contribution in [0.5, 0.6) is 5.75 Å². The zero-order valence-electron chi connectivity index (χ0n) is 9.89. The summed E-state index contributed by atoms with van der Waals surface area (Å²) >= 11 is 0. The van der Waals surface area contributed by atoms with Gasteiger partial charge in [0.2, 0.25) is 0 Å². The first kappa shape index (κ1) is 11.7. The molecule has 0 bridgehead atoms. The molecule has 1 aliphatic heterocycles. The Kier molecular flexibility index (Phi) is 3.81. The molecule has 0 atom stereocenters. The molecule has 1 amide bonds. The first-order chi connectivity index (χ1) is 8.31. The molecule has 0 aliphatic carbocycles. The van der Waals surface area contributed by atoms with E-state index in [2.05, 4.69) is 6.58 Å². The van der Waals surface area contributed by atoms with Gasteiger partial charge < -0.3 is 9.64 Å². The van der Waals surface area contributed by atoms with Crippen LogP contribution in [0.15, 0.2) is 30.8 Å². The lowest BCUT2D eigenvalue weighted by Gasteiger charge is -2.16. The van der Waals surface area contributed by atoms with Gasteiger partial charge in [0.15, 0.2) is 6.61 Å². The normalized spacial score (nSPS) is 14.7. The van der Waals surface area contributed by atoms with Crippen molar-refractivity contribution in [2.45, 2.75) is 12.8 Å². The minimum Gasteiger partial charge on any atom is -0.483 e. The van der Waals surface area contributed by atoms with E-state index in [1.165, 1.54) is 0 Å². The van der Waals surface area contributed by atoms with Gasteiger partial charge in [-0.25, -0.2) is 0 Å². The molecule has 3 nitrogen and oxygen atoms in total. The van der Waals surface area contributed by atoms with Crippen molar-refractivity contribution in [3.05, 3.63) is 36.4 Å². The second-order valence-electron chi connectivity index (χ2n) is 4.12. The largest absolute Gasteiger partial charge is 0.483 e. The number of carbonyl (C=O) groups is 1. The number of likely N-dealkylation sites (tertiary alicyclic amines) is 1. The highest BCUT2D eigenvalue weighted by molar-refractivity contribution is 5.78. The average Bonchev–Trinajstić information content (AvgIpc) is 2.90. The van der Waals surface area contributed by atoms with E-state index in [9.17, 15) is 4.79 Å². The number of para-hydroxylation sites is 1. The van der Waals surface area contributed by atoms with Crippen LogP contribution in [0, 0.1) is 0 Å². The third-order valence-corrected chi connectivity index (χ3v) is 2.95. The summed E-state index contributed by atoms with van der Waals surface area (Å²) in [5.74, 6) is 0.788. The van der Waals surface area contributed by atoms with Gasteiger partial charge in [-0.3, -0.25) is 4.79 Å². The van der Waals surface area contributed by atoms with E-state index >= 15 is 0 Å². The van der Waals surface area contributed by atoms with Gasteiger partial charge in [0.1, 0.15) is 5.75 Å². The summed E-state index contributed by atoms with van der Waals surface area (Å²) in [6.45, 7) is 5.57. The zero-order valence-corrected chi connectivity index (χ0v) is 9.89. The Balaban J connectivity index is 1.92. The SMILES string of the molecule is C=Cc1ccccc1OCC(=O)N1CCCC1. The van der Waals surface area contributed by atoms with Crippen molar-refractivity contribution in [1.29, 1.82) is 0 Å². The zero-order chi connectivity index (χ0) is 12.1. The first-order valence-corrected chi connectivity index (χ1v) is 5.93. The number of carbonyl (C=O) groups excluding carboxylic acids is 1. The van der Waals surface area contributed by atoms with Crippen molar-refractivity contribution in [3.63, 3.8) is 0 Å². The summed E-state index contributed by atoms with van der Waals surface area (Å²) in [6.07, 6.45) is 3.94. The van der Waals surface area contributed by atoms with E-state index in [1.54, 1.807) is 6.08 Å². The molecular weight excluding hydrogens is 214 g/mol. The van der Waals surface area contributed by atoms with Gasteiger partial charge in [-0.2, -0.15) is 0 Å². The van der Waals surface area contributed by atoms with E-state index in [0.717, 1.165) is 37.2 Å². The van der Waals surface area contributed by atoms with Crippen LogP contribution in [0.1, 0.15) is 18.4 Å². The van der Waals surface area contributed by atoms with Gasteiger partial charge in [0, 0.05) is 18.7 Å². The van der Waals surface area contributed by atoms with Crippen LogP contribution < -0.4 is 4.74 Å². The number of hydrogen-bond donors (Lipinski definition) is 0. The number of benzene rings is 1. The van der Waals surface area contributed by atoms with E-state index in [0.29, 0.717) is 0 Å². The molecular formula is C14H17NO2. The van der Waals surface area contributed by atoms with Crippen LogP contribution >= 0.6 is 0 Å². The summed E-state index contributed by atoms with van der Waals surface area (Å²) in [7, 11) is 0. The maximum Gasteiger partial charge on any atom is 0.260 e. The standard InChI is InChI=1S/C14H17NO2/c1-2-12-7-3-4-8-13(12)17-11-14(16)15-9-5-6-10-15/h2-4,7-8H,1,5-6,9-11H2. The molecule has 1 fully saturated rings. The Labute approximate surface area is 102 Å². The Morgan fingerprint density at radius 3 is 2.76 bits per heavy atom. The predicted octanol–water partition coefficient (Wildman–Crippen LogP) is 2.33. The molecule has 0 radical (unpaired) electrons. The number of hydrogen-bond acceptors (Lipinski definition) is 2. The summed E-state index contributed by atoms with van der Waals surface area (Å²) < 4.78 is 5.54. The molecule has 0 saturated carbocycles. The number of ether oxygens (including phenoxy) is 1. The Morgan fingerprint density at radius 2 is 2.06 bits per heavy atom. The van der Waals surface area contributed by atoms with E-state index < -0.39 is 0 Å². The van der Waals surface area contributed by atoms with E-state index in [1.807, 2.05) is 29.2 Å². The van der Waals surface area contributed by atoms with Crippen molar-refractivity contribution in [2.75, 3.05) is 19.7 Å². The molecule has 17 heavy (non-hydrogen) atoms. The Morgan fingerprint density at radius 1 is 1.35 bits per heavy atom. The van der Waals surface area contributed by atoms with Gasteiger partial charge in [-0.15, -0.1) is 0 Å². The maximum atomic E-state index is 11.8. The average molecular weight is 231 g/mol. The van der Waals surface area contributed by atoms with Gasteiger partial charge in [-0.05, 0) is 18.9 Å². The third-order valence-electron chi connectivity index (χ3n) is 2.95. The quantitative estimate of drug-likeness (QED) is 0.796. The van der Waals surface area contributed by atoms with Crippen LogP contribution in [-0.2, 0) is 4.79 Å². The van der Waals surface area contributed by atoms with Crippen LogP contribution in [-0.4, -0.2) is 30.5 Å². The van der Waals surface area contributed by atoms with Crippen molar-refractivity contribution in [2.24, 2.45) is 0 Å². The minimum atomic E-state index is 0.0707. The van der Waals surface area contributed by atoms with Gasteiger partial charge in [-0.1, -0.05) is 30.9 Å². The van der Waals surface area contributed by atoms with Crippen molar-refractivity contribution in [1.82, 2.24) is 4.90 Å². The smallest absolute Gasteiger partial charge is 0.260 e. The lowest BCUT2D eigenvalue weighted by Crippen LogP contribution is -2.32. The second-order valence-corrected chi connectivity index (χ2v) is 4.12. The molecule has 0 unspecified atom stereocenters.